The standard InChI is InChI=1S/C21H23N3O6/c1-13-5-9-17(10-6-13)22-19(25)12-23(4)20(26)15(3)30-21(27)16-8-7-14(2)18(11-16)24(28)29/h5-11,15H,12H2,1-4H3,(H,22,25)/t15-/m0/s1. The maximum absolute atomic E-state index is 12.4. The van der Waals surface area contributed by atoms with E-state index in [1.807, 2.05) is 19.1 Å². The number of hydrogen-bond acceptors (Lipinski definition) is 6. The van der Waals surface area contributed by atoms with Gasteiger partial charge in [-0.25, -0.2) is 4.79 Å². The van der Waals surface area contributed by atoms with E-state index < -0.39 is 28.8 Å². The van der Waals surface area contributed by atoms with Crippen molar-refractivity contribution < 1.29 is 24.0 Å². The van der Waals surface area contributed by atoms with Crippen LogP contribution in [-0.4, -0.2) is 47.3 Å². The molecule has 0 heterocycles. The van der Waals surface area contributed by atoms with Gasteiger partial charge in [-0.3, -0.25) is 19.7 Å². The molecule has 0 saturated carbocycles. The summed E-state index contributed by atoms with van der Waals surface area (Å²) in [7, 11) is 1.41. The SMILES string of the molecule is Cc1ccc(NC(=O)CN(C)C(=O)[C@H](C)OC(=O)c2ccc(C)c([N+](=O)[O-])c2)cc1. The fourth-order valence-electron chi connectivity index (χ4n) is 2.65. The summed E-state index contributed by atoms with van der Waals surface area (Å²) in [6.45, 7) is 4.62. The number of nitrogens with zero attached hydrogens (tertiary/aromatic N) is 2. The van der Waals surface area contributed by atoms with E-state index in [4.69, 9.17) is 4.74 Å². The van der Waals surface area contributed by atoms with Crippen molar-refractivity contribution in [2.45, 2.75) is 26.9 Å². The Balaban J connectivity index is 1.95. The molecule has 0 aliphatic carbocycles. The van der Waals surface area contributed by atoms with Crippen LogP contribution in [0.15, 0.2) is 42.5 Å². The molecule has 1 atom stereocenters. The van der Waals surface area contributed by atoms with Crippen molar-refractivity contribution in [3.8, 4) is 0 Å². The second kappa shape index (κ2) is 9.64. The van der Waals surface area contributed by atoms with Crippen molar-refractivity contribution in [1.29, 1.82) is 0 Å². The number of carbonyl (C=O) groups is 3. The second-order valence-electron chi connectivity index (χ2n) is 6.91. The van der Waals surface area contributed by atoms with Crippen LogP contribution in [0.1, 0.15) is 28.4 Å². The van der Waals surface area contributed by atoms with E-state index in [0.29, 0.717) is 11.3 Å². The molecule has 0 aromatic heterocycles. The number of rotatable bonds is 7. The monoisotopic (exact) mass is 413 g/mol. The number of anilines is 1. The van der Waals surface area contributed by atoms with Gasteiger partial charge in [-0.2, -0.15) is 0 Å². The Kier molecular flexibility index (Phi) is 7.24. The number of ether oxygens (including phenoxy) is 1. The molecule has 2 aromatic rings. The third-order valence-corrected chi connectivity index (χ3v) is 4.37. The third kappa shape index (κ3) is 5.87. The average molecular weight is 413 g/mol. The van der Waals surface area contributed by atoms with Crippen molar-refractivity contribution in [3.05, 3.63) is 69.3 Å². The van der Waals surface area contributed by atoms with Crippen LogP contribution in [-0.2, 0) is 14.3 Å². The van der Waals surface area contributed by atoms with E-state index in [1.165, 1.54) is 26.1 Å². The first kappa shape index (κ1) is 22.5. The summed E-state index contributed by atoms with van der Waals surface area (Å²) >= 11 is 0. The molecule has 9 heteroatoms. The minimum Gasteiger partial charge on any atom is -0.449 e. The lowest BCUT2D eigenvalue weighted by molar-refractivity contribution is -0.385. The number of nitro groups is 1. The molecule has 30 heavy (non-hydrogen) atoms. The topological polar surface area (TPSA) is 119 Å². The van der Waals surface area contributed by atoms with Gasteiger partial charge < -0.3 is 15.0 Å². The molecule has 0 aliphatic rings. The summed E-state index contributed by atoms with van der Waals surface area (Å²) in [6, 6.07) is 11.1. The van der Waals surface area contributed by atoms with Gasteiger partial charge in [0.1, 0.15) is 0 Å². The van der Waals surface area contributed by atoms with E-state index >= 15 is 0 Å². The quantitative estimate of drug-likeness (QED) is 0.423. The number of aryl methyl sites for hydroxylation is 2. The van der Waals surface area contributed by atoms with Gasteiger partial charge in [0, 0.05) is 24.4 Å². The van der Waals surface area contributed by atoms with E-state index in [1.54, 1.807) is 19.1 Å². The molecule has 0 unspecified atom stereocenters. The van der Waals surface area contributed by atoms with Gasteiger partial charge in [-0.1, -0.05) is 23.8 Å². The number of amides is 2. The smallest absolute Gasteiger partial charge is 0.339 e. The van der Waals surface area contributed by atoms with Crippen molar-refractivity contribution in [2.75, 3.05) is 18.9 Å². The van der Waals surface area contributed by atoms with E-state index in [-0.39, 0.29) is 17.8 Å². The van der Waals surface area contributed by atoms with E-state index in [9.17, 15) is 24.5 Å². The lowest BCUT2D eigenvalue weighted by atomic mass is 10.1. The lowest BCUT2D eigenvalue weighted by Crippen LogP contribution is -2.41. The highest BCUT2D eigenvalue weighted by molar-refractivity contribution is 5.96. The lowest BCUT2D eigenvalue weighted by Gasteiger charge is -2.21. The minimum absolute atomic E-state index is 0.0354. The number of hydrogen-bond donors (Lipinski definition) is 1. The summed E-state index contributed by atoms with van der Waals surface area (Å²) in [6.07, 6.45) is -1.17. The Morgan fingerprint density at radius 3 is 2.37 bits per heavy atom. The molecule has 0 fully saturated rings. The van der Waals surface area contributed by atoms with Crippen LogP contribution in [0.2, 0.25) is 0 Å². The molecule has 0 radical (unpaired) electrons. The zero-order chi connectivity index (χ0) is 22.4. The largest absolute Gasteiger partial charge is 0.449 e. The van der Waals surface area contributed by atoms with Crippen LogP contribution in [0.25, 0.3) is 0 Å². The van der Waals surface area contributed by atoms with Gasteiger partial charge in [-0.15, -0.1) is 0 Å². The molecule has 2 amide bonds. The molecule has 0 spiro atoms. The number of nitro benzene ring substituents is 1. The minimum atomic E-state index is -1.17. The fourth-order valence-corrected chi connectivity index (χ4v) is 2.65. The maximum atomic E-state index is 12.4. The molecule has 1 N–H and O–H groups in total. The fraction of sp³-hybridized carbons (Fsp3) is 0.286. The summed E-state index contributed by atoms with van der Waals surface area (Å²) < 4.78 is 5.12. The van der Waals surface area contributed by atoms with E-state index in [2.05, 4.69) is 5.32 Å². The predicted molar refractivity (Wildman–Crippen MR) is 110 cm³/mol. The molecular formula is C21H23N3O6. The highest BCUT2D eigenvalue weighted by Gasteiger charge is 2.24. The zero-order valence-electron chi connectivity index (χ0n) is 17.2. The molecule has 0 bridgehead atoms. The van der Waals surface area contributed by atoms with Crippen LogP contribution < -0.4 is 5.32 Å². The van der Waals surface area contributed by atoms with Gasteiger partial charge in [0.05, 0.1) is 17.0 Å². The molecule has 2 aromatic carbocycles. The first-order chi connectivity index (χ1) is 14.1. The third-order valence-electron chi connectivity index (χ3n) is 4.37. The van der Waals surface area contributed by atoms with E-state index in [0.717, 1.165) is 16.5 Å². The average Bonchev–Trinajstić information content (AvgIpc) is 2.68. The van der Waals surface area contributed by atoms with Crippen LogP contribution in [0.5, 0.6) is 0 Å². The van der Waals surface area contributed by atoms with Crippen LogP contribution in [0.4, 0.5) is 11.4 Å². The normalized spacial score (nSPS) is 11.3. The number of esters is 1. The molecule has 158 valence electrons. The Morgan fingerprint density at radius 2 is 1.77 bits per heavy atom. The van der Waals surface area contributed by atoms with Crippen molar-refractivity contribution in [1.82, 2.24) is 4.90 Å². The highest BCUT2D eigenvalue weighted by atomic mass is 16.6. The van der Waals surface area contributed by atoms with Crippen LogP contribution in [0, 0.1) is 24.0 Å². The van der Waals surface area contributed by atoms with Crippen molar-refractivity contribution in [2.24, 2.45) is 0 Å². The van der Waals surface area contributed by atoms with Gasteiger partial charge in [0.25, 0.3) is 11.6 Å². The second-order valence-corrected chi connectivity index (χ2v) is 6.91. The molecular weight excluding hydrogens is 390 g/mol. The Morgan fingerprint density at radius 1 is 1.13 bits per heavy atom. The van der Waals surface area contributed by atoms with Gasteiger partial charge in [0.15, 0.2) is 6.10 Å². The van der Waals surface area contributed by atoms with Gasteiger partial charge >= 0.3 is 5.97 Å². The van der Waals surface area contributed by atoms with Gasteiger partial charge in [0.2, 0.25) is 5.91 Å². The Bertz CT molecular complexity index is 971. The van der Waals surface area contributed by atoms with Crippen molar-refractivity contribution >= 4 is 29.2 Å². The Labute approximate surface area is 173 Å². The zero-order valence-corrected chi connectivity index (χ0v) is 17.2. The van der Waals surface area contributed by atoms with Crippen molar-refractivity contribution in [3.63, 3.8) is 0 Å². The predicted octanol–water partition coefficient (Wildman–Crippen LogP) is 2.85. The first-order valence-electron chi connectivity index (χ1n) is 9.16. The molecule has 0 saturated heterocycles. The number of carbonyl (C=O) groups excluding carboxylic acids is 3. The Hall–Kier alpha value is -3.75. The number of nitrogens with one attached hydrogen (secondary N) is 1. The maximum Gasteiger partial charge on any atom is 0.339 e. The number of benzene rings is 2. The number of likely N-dealkylation sites (N-methyl/N-ethyl adjacent to an activating group) is 1. The summed E-state index contributed by atoms with van der Waals surface area (Å²) in [4.78, 5) is 48.4. The highest BCUT2D eigenvalue weighted by Crippen LogP contribution is 2.20. The van der Waals surface area contributed by atoms with Crippen LogP contribution >= 0.6 is 0 Å². The van der Waals surface area contributed by atoms with Crippen LogP contribution in [0.3, 0.4) is 0 Å². The summed E-state index contributed by atoms with van der Waals surface area (Å²) in [5, 5.41) is 13.7. The summed E-state index contributed by atoms with van der Waals surface area (Å²) in [5.41, 5.74) is 1.81. The molecule has 2 rings (SSSR count). The summed E-state index contributed by atoms with van der Waals surface area (Å²) in [5.74, 6) is -1.84. The molecule has 0 aliphatic heterocycles. The molecule has 9 nitrogen and oxygen atoms in total. The first-order valence-corrected chi connectivity index (χ1v) is 9.16. The van der Waals surface area contributed by atoms with Gasteiger partial charge in [-0.05, 0) is 39.0 Å².